The molecule has 1 aromatic carbocycles. The van der Waals surface area contributed by atoms with Crippen molar-refractivity contribution in [3.8, 4) is 11.3 Å². The van der Waals surface area contributed by atoms with Gasteiger partial charge in [-0.05, 0) is 45.1 Å². The highest BCUT2D eigenvalue weighted by Crippen LogP contribution is 2.24. The topological polar surface area (TPSA) is 45.2 Å². The smallest absolute Gasteiger partial charge is 0.253 e. The summed E-state index contributed by atoms with van der Waals surface area (Å²) >= 11 is 0. The van der Waals surface area contributed by atoms with E-state index < -0.39 is 0 Å². The van der Waals surface area contributed by atoms with Crippen LogP contribution in [0.4, 0.5) is 0 Å². The Morgan fingerprint density at radius 1 is 1.22 bits per heavy atom. The Bertz CT molecular complexity index is 650. The zero-order valence-electron chi connectivity index (χ0n) is 14.3. The van der Waals surface area contributed by atoms with Gasteiger partial charge in [0.2, 0.25) is 0 Å². The molecule has 0 unspecified atom stereocenters. The first-order valence-corrected chi connectivity index (χ1v) is 8.04. The minimum atomic E-state index is -0.0688. The molecule has 2 rings (SSSR count). The molecule has 0 bridgehead atoms. The number of amides is 1. The predicted octanol–water partition coefficient (Wildman–Crippen LogP) is 3.51. The minimum Gasteiger partial charge on any atom is -0.352 e. The van der Waals surface area contributed by atoms with E-state index in [2.05, 4.69) is 48.4 Å². The molecule has 0 radical (unpaired) electrons. The number of hydrogen-bond acceptors (Lipinski definition) is 3. The number of carbonyl (C=O) groups excluding carboxylic acids is 1. The summed E-state index contributed by atoms with van der Waals surface area (Å²) in [5, 5.41) is 2.92. The quantitative estimate of drug-likeness (QED) is 0.888. The van der Waals surface area contributed by atoms with Crippen LogP contribution in [0.1, 0.15) is 42.2 Å². The van der Waals surface area contributed by atoms with Crippen molar-refractivity contribution < 1.29 is 4.79 Å². The van der Waals surface area contributed by atoms with Crippen LogP contribution in [-0.2, 0) is 0 Å². The van der Waals surface area contributed by atoms with Gasteiger partial charge in [0.25, 0.3) is 5.91 Å². The lowest BCUT2D eigenvalue weighted by Gasteiger charge is -2.20. The third-order valence-corrected chi connectivity index (χ3v) is 4.03. The monoisotopic (exact) mass is 311 g/mol. The fourth-order valence-electron chi connectivity index (χ4n) is 2.37. The van der Waals surface area contributed by atoms with Crippen molar-refractivity contribution in [1.29, 1.82) is 0 Å². The van der Waals surface area contributed by atoms with Crippen molar-refractivity contribution in [2.75, 3.05) is 20.6 Å². The minimum absolute atomic E-state index is 0.0688. The molecule has 0 aliphatic heterocycles. The summed E-state index contributed by atoms with van der Waals surface area (Å²) in [7, 11) is 4.13. The van der Waals surface area contributed by atoms with Gasteiger partial charge in [0.1, 0.15) is 0 Å². The zero-order valence-corrected chi connectivity index (χ0v) is 14.3. The SMILES string of the molecule is CCCNC(=O)c1cccnc1-c1ccc([C@@H](C)N(C)C)cc1. The summed E-state index contributed by atoms with van der Waals surface area (Å²) in [4.78, 5) is 18.9. The van der Waals surface area contributed by atoms with Crippen LogP contribution in [0.5, 0.6) is 0 Å². The van der Waals surface area contributed by atoms with Crippen LogP contribution in [0.15, 0.2) is 42.6 Å². The van der Waals surface area contributed by atoms with Crippen molar-refractivity contribution >= 4 is 5.91 Å². The van der Waals surface area contributed by atoms with Gasteiger partial charge in [-0.25, -0.2) is 0 Å². The van der Waals surface area contributed by atoms with Gasteiger partial charge in [0.15, 0.2) is 0 Å². The Labute approximate surface area is 138 Å². The summed E-state index contributed by atoms with van der Waals surface area (Å²) in [6.07, 6.45) is 2.64. The van der Waals surface area contributed by atoms with E-state index in [9.17, 15) is 4.79 Å². The van der Waals surface area contributed by atoms with E-state index in [0.717, 1.165) is 17.7 Å². The third kappa shape index (κ3) is 4.17. The first-order valence-electron chi connectivity index (χ1n) is 8.04. The second-order valence-electron chi connectivity index (χ2n) is 5.92. The predicted molar refractivity (Wildman–Crippen MR) is 94.4 cm³/mol. The maximum Gasteiger partial charge on any atom is 0.253 e. The average Bonchev–Trinajstić information content (AvgIpc) is 2.59. The van der Waals surface area contributed by atoms with Crippen molar-refractivity contribution in [1.82, 2.24) is 15.2 Å². The Morgan fingerprint density at radius 2 is 1.91 bits per heavy atom. The van der Waals surface area contributed by atoms with Crippen LogP contribution >= 0.6 is 0 Å². The number of aromatic nitrogens is 1. The fraction of sp³-hybridized carbons (Fsp3) is 0.368. The lowest BCUT2D eigenvalue weighted by Crippen LogP contribution is -2.24. The second kappa shape index (κ2) is 7.88. The Balaban J connectivity index is 2.30. The van der Waals surface area contributed by atoms with E-state index in [4.69, 9.17) is 0 Å². The Morgan fingerprint density at radius 3 is 2.52 bits per heavy atom. The molecule has 1 heterocycles. The molecule has 1 atom stereocenters. The molecule has 0 saturated heterocycles. The third-order valence-electron chi connectivity index (χ3n) is 4.03. The maximum atomic E-state index is 12.3. The first kappa shape index (κ1) is 17.2. The molecule has 2 aromatic rings. The Kier molecular flexibility index (Phi) is 5.88. The van der Waals surface area contributed by atoms with Gasteiger partial charge in [-0.3, -0.25) is 9.78 Å². The largest absolute Gasteiger partial charge is 0.352 e. The number of benzene rings is 1. The normalized spacial score (nSPS) is 12.2. The Hall–Kier alpha value is -2.20. The number of rotatable bonds is 6. The first-order chi connectivity index (χ1) is 11.0. The summed E-state index contributed by atoms with van der Waals surface area (Å²) in [6, 6.07) is 12.2. The van der Waals surface area contributed by atoms with Gasteiger partial charge in [-0.15, -0.1) is 0 Å². The van der Waals surface area contributed by atoms with Gasteiger partial charge in [0.05, 0.1) is 11.3 Å². The highest BCUT2D eigenvalue weighted by Gasteiger charge is 2.14. The molecule has 0 saturated carbocycles. The molecular weight excluding hydrogens is 286 g/mol. The number of pyridine rings is 1. The molecule has 1 amide bonds. The molecule has 0 aliphatic rings. The van der Waals surface area contributed by atoms with Gasteiger partial charge >= 0.3 is 0 Å². The molecule has 0 fully saturated rings. The summed E-state index contributed by atoms with van der Waals surface area (Å²) in [5.41, 5.74) is 3.55. The van der Waals surface area contributed by atoms with Gasteiger partial charge in [-0.1, -0.05) is 31.2 Å². The van der Waals surface area contributed by atoms with E-state index in [1.807, 2.05) is 25.1 Å². The van der Waals surface area contributed by atoms with Crippen LogP contribution in [0.2, 0.25) is 0 Å². The van der Waals surface area contributed by atoms with E-state index in [1.54, 1.807) is 12.3 Å². The molecule has 4 nitrogen and oxygen atoms in total. The van der Waals surface area contributed by atoms with E-state index in [1.165, 1.54) is 5.56 Å². The van der Waals surface area contributed by atoms with E-state index >= 15 is 0 Å². The van der Waals surface area contributed by atoms with Crippen molar-refractivity contribution in [3.63, 3.8) is 0 Å². The molecular formula is C19H25N3O. The van der Waals surface area contributed by atoms with Gasteiger partial charge < -0.3 is 10.2 Å². The standard InChI is InChI=1S/C19H25N3O/c1-5-12-21-19(23)17-7-6-13-20-18(17)16-10-8-15(9-11-16)14(2)22(3)4/h6-11,13-14H,5,12H2,1-4H3,(H,21,23)/t14-/m1/s1. The van der Waals surface area contributed by atoms with Gasteiger partial charge in [-0.2, -0.15) is 0 Å². The zero-order chi connectivity index (χ0) is 16.8. The molecule has 4 heteroatoms. The van der Waals surface area contributed by atoms with Crippen molar-refractivity contribution in [2.24, 2.45) is 0 Å². The molecule has 0 spiro atoms. The lowest BCUT2D eigenvalue weighted by molar-refractivity contribution is 0.0954. The van der Waals surface area contributed by atoms with Gasteiger partial charge in [0, 0.05) is 24.3 Å². The van der Waals surface area contributed by atoms with Crippen LogP contribution in [0.3, 0.4) is 0 Å². The second-order valence-corrected chi connectivity index (χ2v) is 5.92. The summed E-state index contributed by atoms with van der Waals surface area (Å²) < 4.78 is 0. The number of nitrogens with one attached hydrogen (secondary N) is 1. The van der Waals surface area contributed by atoms with Crippen LogP contribution in [0, 0.1) is 0 Å². The van der Waals surface area contributed by atoms with Crippen molar-refractivity contribution in [2.45, 2.75) is 26.3 Å². The number of nitrogens with zero attached hydrogens (tertiary/aromatic N) is 2. The lowest BCUT2D eigenvalue weighted by atomic mass is 10.0. The highest BCUT2D eigenvalue weighted by atomic mass is 16.1. The molecule has 1 aromatic heterocycles. The molecule has 23 heavy (non-hydrogen) atoms. The fourth-order valence-corrected chi connectivity index (χ4v) is 2.37. The summed E-state index contributed by atoms with van der Waals surface area (Å²) in [5.74, 6) is -0.0688. The van der Waals surface area contributed by atoms with Crippen molar-refractivity contribution in [3.05, 3.63) is 53.7 Å². The average molecular weight is 311 g/mol. The number of carbonyl (C=O) groups is 1. The summed E-state index contributed by atoms with van der Waals surface area (Å²) in [6.45, 7) is 4.88. The highest BCUT2D eigenvalue weighted by molar-refractivity contribution is 5.99. The van der Waals surface area contributed by atoms with E-state index in [0.29, 0.717) is 18.2 Å². The van der Waals surface area contributed by atoms with E-state index in [-0.39, 0.29) is 5.91 Å². The van der Waals surface area contributed by atoms with Crippen LogP contribution in [-0.4, -0.2) is 36.4 Å². The maximum absolute atomic E-state index is 12.3. The molecule has 1 N–H and O–H groups in total. The van der Waals surface area contributed by atoms with Crippen LogP contribution in [0.25, 0.3) is 11.3 Å². The molecule has 0 aliphatic carbocycles. The number of hydrogen-bond donors (Lipinski definition) is 1. The van der Waals surface area contributed by atoms with Crippen LogP contribution < -0.4 is 5.32 Å². The molecule has 122 valence electrons.